The number of esters is 1. The highest BCUT2D eigenvalue weighted by Gasteiger charge is 2.33. The topological polar surface area (TPSA) is 67.4 Å². The van der Waals surface area contributed by atoms with Gasteiger partial charge in [-0.1, -0.05) is 37.3 Å². The van der Waals surface area contributed by atoms with Crippen LogP contribution in [0.3, 0.4) is 0 Å². The summed E-state index contributed by atoms with van der Waals surface area (Å²) in [5.74, 6) is 0.731. The van der Waals surface area contributed by atoms with Gasteiger partial charge in [-0.25, -0.2) is 4.79 Å². The first-order chi connectivity index (χ1) is 14.6. The average molecular weight is 419 g/mol. The van der Waals surface area contributed by atoms with Crippen molar-refractivity contribution < 1.29 is 14.3 Å². The first-order valence-corrected chi connectivity index (χ1v) is 11.0. The second-order valence-corrected chi connectivity index (χ2v) is 9.04. The number of hydrogen-bond acceptors (Lipinski definition) is 5. The molecule has 0 radical (unpaired) electrons. The molecule has 1 aliphatic carbocycles. The van der Waals surface area contributed by atoms with Gasteiger partial charge in [-0.2, -0.15) is 0 Å². The minimum absolute atomic E-state index is 0.0135. The van der Waals surface area contributed by atoms with E-state index in [9.17, 15) is 9.59 Å². The van der Waals surface area contributed by atoms with Gasteiger partial charge in [-0.05, 0) is 60.6 Å². The van der Waals surface area contributed by atoms with E-state index in [1.807, 2.05) is 18.2 Å². The second-order valence-electron chi connectivity index (χ2n) is 7.93. The second kappa shape index (κ2) is 7.61. The van der Waals surface area contributed by atoms with Crippen LogP contribution in [0.15, 0.2) is 54.6 Å². The molecule has 6 heteroatoms. The molecule has 2 N–H and O–H groups in total. The summed E-state index contributed by atoms with van der Waals surface area (Å²) in [7, 11) is 0. The molecule has 1 aromatic heterocycles. The highest BCUT2D eigenvalue weighted by atomic mass is 32.1. The Bertz CT molecular complexity index is 1110. The Morgan fingerprint density at radius 2 is 1.83 bits per heavy atom. The van der Waals surface area contributed by atoms with Crippen LogP contribution in [-0.4, -0.2) is 11.9 Å². The largest absolute Gasteiger partial charge is 0.423 e. The maximum Gasteiger partial charge on any atom is 0.343 e. The first-order valence-electron chi connectivity index (χ1n) is 10.2. The Kier molecular flexibility index (Phi) is 4.79. The lowest BCUT2D eigenvalue weighted by Gasteiger charge is -2.27. The third-order valence-corrected chi connectivity index (χ3v) is 6.91. The van der Waals surface area contributed by atoms with E-state index in [4.69, 9.17) is 4.74 Å². The Morgan fingerprint density at radius 3 is 2.60 bits per heavy atom. The molecule has 0 unspecified atom stereocenters. The van der Waals surface area contributed by atoms with Gasteiger partial charge in [0.15, 0.2) is 0 Å². The van der Waals surface area contributed by atoms with Crippen LogP contribution in [0.5, 0.6) is 5.75 Å². The molecule has 0 saturated carbocycles. The van der Waals surface area contributed by atoms with Crippen molar-refractivity contribution in [1.29, 1.82) is 0 Å². The van der Waals surface area contributed by atoms with Gasteiger partial charge in [0.05, 0.1) is 11.1 Å². The van der Waals surface area contributed by atoms with Gasteiger partial charge in [-0.15, -0.1) is 11.3 Å². The van der Waals surface area contributed by atoms with Gasteiger partial charge in [0.1, 0.15) is 16.9 Å². The van der Waals surface area contributed by atoms with Gasteiger partial charge in [-0.3, -0.25) is 4.79 Å². The molecule has 2 aliphatic rings. The Labute approximate surface area is 179 Å². The number of benzene rings is 2. The standard InChI is InChI=1S/C24H22N2O3S/c1-14-7-12-18-19(13-14)30-23-20(18)22(27)25-21(26-23)15-8-10-17(11-9-15)29-24(28)16-5-3-2-4-6-16/h2-6,8-11,14,21,26H,7,12-13H2,1H3,(H,25,27)/t14-,21-/m1/s1. The lowest BCUT2D eigenvalue weighted by Crippen LogP contribution is -2.38. The van der Waals surface area contributed by atoms with Crippen LogP contribution < -0.4 is 15.4 Å². The van der Waals surface area contributed by atoms with Gasteiger partial charge in [0.2, 0.25) is 0 Å². The van der Waals surface area contributed by atoms with Crippen molar-refractivity contribution in [3.8, 4) is 5.75 Å². The van der Waals surface area contributed by atoms with E-state index in [1.165, 1.54) is 10.4 Å². The van der Waals surface area contributed by atoms with Gasteiger partial charge in [0, 0.05) is 4.88 Å². The molecule has 5 rings (SSSR count). The number of anilines is 1. The number of carbonyl (C=O) groups is 2. The maximum atomic E-state index is 12.8. The molecule has 1 aliphatic heterocycles. The molecular weight excluding hydrogens is 396 g/mol. The smallest absolute Gasteiger partial charge is 0.343 e. The summed E-state index contributed by atoms with van der Waals surface area (Å²) in [6.45, 7) is 2.27. The first kappa shape index (κ1) is 18.9. The van der Waals surface area contributed by atoms with E-state index in [0.29, 0.717) is 17.2 Å². The van der Waals surface area contributed by atoms with E-state index >= 15 is 0 Å². The summed E-state index contributed by atoms with van der Waals surface area (Å²) in [6.07, 6.45) is 2.86. The minimum Gasteiger partial charge on any atom is -0.423 e. The molecule has 0 bridgehead atoms. The summed E-state index contributed by atoms with van der Waals surface area (Å²) in [4.78, 5) is 26.4. The Hall–Kier alpha value is -3.12. The molecule has 0 saturated heterocycles. The number of carbonyl (C=O) groups excluding carboxylic acids is 2. The Morgan fingerprint density at radius 1 is 1.07 bits per heavy atom. The van der Waals surface area contributed by atoms with Crippen LogP contribution in [0.4, 0.5) is 5.00 Å². The number of rotatable bonds is 3. The van der Waals surface area contributed by atoms with Gasteiger partial charge >= 0.3 is 5.97 Å². The minimum atomic E-state index is -0.393. The van der Waals surface area contributed by atoms with E-state index in [1.54, 1.807) is 47.7 Å². The molecule has 2 atom stereocenters. The monoisotopic (exact) mass is 418 g/mol. The number of amides is 1. The zero-order valence-corrected chi connectivity index (χ0v) is 17.4. The summed E-state index contributed by atoms with van der Waals surface area (Å²) >= 11 is 1.71. The summed E-state index contributed by atoms with van der Waals surface area (Å²) in [5, 5.41) is 7.51. The number of fused-ring (bicyclic) bond motifs is 3. The molecule has 5 nitrogen and oxygen atoms in total. The van der Waals surface area contributed by atoms with Crippen LogP contribution in [0.1, 0.15) is 56.2 Å². The normalized spacial score (nSPS) is 19.8. The van der Waals surface area contributed by atoms with E-state index in [-0.39, 0.29) is 12.1 Å². The SMILES string of the molecule is C[C@@H]1CCc2c(sc3c2C(=O)N[C@@H](c2ccc(OC(=O)c4ccccc4)cc2)N3)C1. The molecule has 3 aromatic rings. The van der Waals surface area contributed by atoms with Crippen molar-refractivity contribution in [2.24, 2.45) is 5.92 Å². The van der Waals surface area contributed by atoms with Crippen LogP contribution in [0.25, 0.3) is 0 Å². The fraction of sp³-hybridized carbons (Fsp3) is 0.250. The highest BCUT2D eigenvalue weighted by Crippen LogP contribution is 2.42. The molecule has 0 spiro atoms. The lowest BCUT2D eigenvalue weighted by atomic mass is 9.88. The maximum absolute atomic E-state index is 12.8. The fourth-order valence-electron chi connectivity index (χ4n) is 4.10. The van der Waals surface area contributed by atoms with Gasteiger partial charge in [0.25, 0.3) is 5.91 Å². The molecular formula is C24H22N2O3S. The summed E-state index contributed by atoms with van der Waals surface area (Å²) in [6, 6.07) is 16.1. The van der Waals surface area contributed by atoms with E-state index in [0.717, 1.165) is 35.4 Å². The Balaban J connectivity index is 1.32. The van der Waals surface area contributed by atoms with Crippen molar-refractivity contribution >= 4 is 28.2 Å². The molecule has 1 amide bonds. The van der Waals surface area contributed by atoms with Crippen molar-refractivity contribution in [1.82, 2.24) is 5.32 Å². The van der Waals surface area contributed by atoms with Gasteiger partial charge < -0.3 is 15.4 Å². The summed E-state index contributed by atoms with van der Waals surface area (Å²) < 4.78 is 5.44. The van der Waals surface area contributed by atoms with Crippen molar-refractivity contribution in [3.63, 3.8) is 0 Å². The zero-order chi connectivity index (χ0) is 20.7. The molecule has 30 heavy (non-hydrogen) atoms. The quantitative estimate of drug-likeness (QED) is 0.467. The number of hydrogen-bond donors (Lipinski definition) is 2. The molecule has 2 aromatic carbocycles. The van der Waals surface area contributed by atoms with Crippen LogP contribution in [-0.2, 0) is 12.8 Å². The van der Waals surface area contributed by atoms with E-state index in [2.05, 4.69) is 17.6 Å². The summed E-state index contributed by atoms with van der Waals surface area (Å²) in [5.41, 5.74) is 3.46. The van der Waals surface area contributed by atoms with Crippen LogP contribution >= 0.6 is 11.3 Å². The fourth-order valence-corrected chi connectivity index (χ4v) is 5.53. The molecule has 152 valence electrons. The van der Waals surface area contributed by atoms with E-state index < -0.39 is 5.97 Å². The van der Waals surface area contributed by atoms with Crippen LogP contribution in [0, 0.1) is 5.92 Å². The van der Waals surface area contributed by atoms with Crippen molar-refractivity contribution in [2.75, 3.05) is 5.32 Å². The third-order valence-electron chi connectivity index (χ3n) is 5.72. The lowest BCUT2D eigenvalue weighted by molar-refractivity contribution is 0.0734. The predicted molar refractivity (Wildman–Crippen MR) is 117 cm³/mol. The number of nitrogens with one attached hydrogen (secondary N) is 2. The highest BCUT2D eigenvalue weighted by molar-refractivity contribution is 7.16. The molecule has 0 fully saturated rings. The van der Waals surface area contributed by atoms with Crippen molar-refractivity contribution in [3.05, 3.63) is 81.7 Å². The molecule has 2 heterocycles. The van der Waals surface area contributed by atoms with Crippen molar-refractivity contribution in [2.45, 2.75) is 32.4 Å². The number of ether oxygens (including phenoxy) is 1. The zero-order valence-electron chi connectivity index (χ0n) is 16.6. The van der Waals surface area contributed by atoms with Crippen LogP contribution in [0.2, 0.25) is 0 Å². The third kappa shape index (κ3) is 3.48. The predicted octanol–water partition coefficient (Wildman–Crippen LogP) is 4.95. The average Bonchev–Trinajstić information content (AvgIpc) is 3.12. The number of thiophene rings is 1.